The van der Waals surface area contributed by atoms with E-state index in [1.807, 2.05) is 0 Å². The second kappa shape index (κ2) is 6.67. The van der Waals surface area contributed by atoms with E-state index in [9.17, 15) is 13.2 Å². The van der Waals surface area contributed by atoms with Gasteiger partial charge in [0, 0.05) is 13.1 Å². The zero-order chi connectivity index (χ0) is 15.3. The van der Waals surface area contributed by atoms with E-state index in [0.29, 0.717) is 32.0 Å². The second-order valence-electron chi connectivity index (χ2n) is 4.23. The zero-order valence-corrected chi connectivity index (χ0v) is 12.3. The molecule has 112 valence electrons. The third-order valence-corrected chi connectivity index (χ3v) is 4.62. The van der Waals surface area contributed by atoms with Crippen LogP contribution in [0.4, 0.5) is 5.69 Å². The minimum Gasteiger partial charge on any atom is -0.379 e. The fourth-order valence-electron chi connectivity index (χ4n) is 1.80. The highest BCUT2D eigenvalue weighted by Gasteiger charge is 2.27. The van der Waals surface area contributed by atoms with Crippen LogP contribution in [0.2, 0.25) is 0 Å². The largest absolute Gasteiger partial charge is 0.379 e. The van der Waals surface area contributed by atoms with Gasteiger partial charge < -0.3 is 10.1 Å². The third-order valence-electron chi connectivity index (χ3n) is 2.81. The van der Waals surface area contributed by atoms with Crippen molar-refractivity contribution < 1.29 is 17.9 Å². The fraction of sp³-hybridized carbons (Fsp3) is 0.385. The van der Waals surface area contributed by atoms with Crippen molar-refractivity contribution in [1.29, 1.82) is 0 Å². The van der Waals surface area contributed by atoms with Crippen molar-refractivity contribution in [3.05, 3.63) is 18.3 Å². The summed E-state index contributed by atoms with van der Waals surface area (Å²) in [6, 6.07) is 2.84. The average molecular weight is 309 g/mol. The van der Waals surface area contributed by atoms with E-state index in [2.05, 4.69) is 22.1 Å². The maximum atomic E-state index is 12.3. The number of morpholine rings is 1. The van der Waals surface area contributed by atoms with Crippen LogP contribution in [0.3, 0.4) is 0 Å². The number of nitrogens with one attached hydrogen (secondary N) is 1. The van der Waals surface area contributed by atoms with Gasteiger partial charge in [-0.2, -0.15) is 4.31 Å². The molecule has 0 unspecified atom stereocenters. The lowest BCUT2D eigenvalue weighted by molar-refractivity contribution is -0.111. The van der Waals surface area contributed by atoms with Gasteiger partial charge in [0.1, 0.15) is 0 Å². The molecule has 2 heterocycles. The monoisotopic (exact) mass is 309 g/mol. The Hall–Kier alpha value is -1.95. The molecule has 1 fully saturated rings. The molecule has 21 heavy (non-hydrogen) atoms. The summed E-state index contributed by atoms with van der Waals surface area (Å²) in [5.41, 5.74) is 0.392. The van der Waals surface area contributed by atoms with Crippen molar-refractivity contribution in [2.75, 3.05) is 31.6 Å². The molecule has 8 heteroatoms. The highest BCUT2D eigenvalue weighted by Crippen LogP contribution is 2.16. The lowest BCUT2D eigenvalue weighted by atomic mass is 10.4. The molecule has 1 aromatic heterocycles. The molecule has 0 aliphatic carbocycles. The number of pyridine rings is 1. The highest BCUT2D eigenvalue weighted by atomic mass is 32.2. The van der Waals surface area contributed by atoms with E-state index >= 15 is 0 Å². The highest BCUT2D eigenvalue weighted by molar-refractivity contribution is 7.89. The van der Waals surface area contributed by atoms with Gasteiger partial charge in [0.25, 0.3) is 15.9 Å². The normalized spacial score (nSPS) is 15.9. The van der Waals surface area contributed by atoms with Crippen molar-refractivity contribution in [1.82, 2.24) is 9.29 Å². The van der Waals surface area contributed by atoms with Crippen molar-refractivity contribution in [3.63, 3.8) is 0 Å². The molecule has 1 aliphatic rings. The Labute approximate surface area is 123 Å². The Morgan fingerprint density at radius 3 is 2.67 bits per heavy atom. The summed E-state index contributed by atoms with van der Waals surface area (Å²) in [5.74, 6) is 4.32. The molecule has 7 nitrogen and oxygen atoms in total. The summed E-state index contributed by atoms with van der Waals surface area (Å²) >= 11 is 0. The number of anilines is 1. The third kappa shape index (κ3) is 3.78. The lowest BCUT2D eigenvalue weighted by Crippen LogP contribution is -2.40. The number of hydrogen-bond donors (Lipinski definition) is 1. The minimum absolute atomic E-state index is 0.0519. The van der Waals surface area contributed by atoms with Gasteiger partial charge in [-0.25, -0.2) is 13.4 Å². The first-order valence-electron chi connectivity index (χ1n) is 6.32. The number of amides is 1. The van der Waals surface area contributed by atoms with Crippen LogP contribution >= 0.6 is 0 Å². The molecule has 1 N–H and O–H groups in total. The Morgan fingerprint density at radius 2 is 2.10 bits per heavy atom. The van der Waals surface area contributed by atoms with Crippen molar-refractivity contribution in [2.24, 2.45) is 0 Å². The molecule has 1 aliphatic heterocycles. The van der Waals surface area contributed by atoms with Crippen molar-refractivity contribution >= 4 is 21.6 Å². The summed E-state index contributed by atoms with van der Waals surface area (Å²) in [5, 5.41) is 2.45. The van der Waals surface area contributed by atoms with Crippen LogP contribution < -0.4 is 5.32 Å². The number of aromatic nitrogens is 1. The van der Waals surface area contributed by atoms with Crippen LogP contribution in [0.15, 0.2) is 23.4 Å². The standard InChI is InChI=1S/C13H15N3O4S/c1-2-3-12(17)15-11-4-5-13(14-10-11)21(18,19)16-6-8-20-9-7-16/h4-5,10H,6-9H2,1H3,(H,15,17). The van der Waals surface area contributed by atoms with Crippen LogP contribution in [0, 0.1) is 11.8 Å². The summed E-state index contributed by atoms with van der Waals surface area (Å²) < 4.78 is 31.1. The van der Waals surface area contributed by atoms with E-state index in [1.54, 1.807) is 6.92 Å². The van der Waals surface area contributed by atoms with Crippen LogP contribution in [0.1, 0.15) is 6.92 Å². The van der Waals surface area contributed by atoms with E-state index in [-0.39, 0.29) is 5.03 Å². The lowest BCUT2D eigenvalue weighted by Gasteiger charge is -2.25. The SMILES string of the molecule is CC#CC(=O)Nc1ccc(S(=O)(=O)N2CCOCC2)nc1. The van der Waals surface area contributed by atoms with Gasteiger partial charge >= 0.3 is 0 Å². The van der Waals surface area contributed by atoms with Crippen molar-refractivity contribution in [2.45, 2.75) is 11.9 Å². The van der Waals surface area contributed by atoms with Crippen LogP contribution in [0.25, 0.3) is 0 Å². The Balaban J connectivity index is 2.13. The second-order valence-corrected chi connectivity index (χ2v) is 6.12. The molecule has 0 bridgehead atoms. The summed E-state index contributed by atoms with van der Waals surface area (Å²) in [7, 11) is -3.62. The molecule has 1 saturated heterocycles. The molecule has 0 spiro atoms. The van der Waals surface area contributed by atoms with Gasteiger partial charge in [-0.3, -0.25) is 4.79 Å². The molecule has 0 atom stereocenters. The van der Waals surface area contributed by atoms with Crippen LogP contribution in [0.5, 0.6) is 0 Å². The van der Waals surface area contributed by atoms with E-state index in [1.165, 1.54) is 22.6 Å². The van der Waals surface area contributed by atoms with Crippen molar-refractivity contribution in [3.8, 4) is 11.8 Å². The van der Waals surface area contributed by atoms with E-state index in [0.717, 1.165) is 0 Å². The molecule has 0 aromatic carbocycles. The quantitative estimate of drug-likeness (QED) is 0.798. The number of nitrogens with zero attached hydrogens (tertiary/aromatic N) is 2. The molecular weight excluding hydrogens is 294 g/mol. The smallest absolute Gasteiger partial charge is 0.300 e. The maximum absolute atomic E-state index is 12.3. The Kier molecular flexibility index (Phi) is 4.90. The number of carbonyl (C=O) groups is 1. The number of rotatable bonds is 3. The topological polar surface area (TPSA) is 88.6 Å². The minimum atomic E-state index is -3.62. The predicted molar refractivity (Wildman–Crippen MR) is 75.9 cm³/mol. The van der Waals surface area contributed by atoms with Gasteiger partial charge in [-0.1, -0.05) is 5.92 Å². The first kappa shape index (κ1) is 15.4. The number of sulfonamides is 1. The number of ether oxygens (including phenoxy) is 1. The van der Waals surface area contributed by atoms with Gasteiger partial charge in [-0.15, -0.1) is 0 Å². The predicted octanol–water partition coefficient (Wildman–Crippen LogP) is 0.0643. The van der Waals surface area contributed by atoms with E-state index in [4.69, 9.17) is 4.74 Å². The Morgan fingerprint density at radius 1 is 1.38 bits per heavy atom. The fourth-order valence-corrected chi connectivity index (χ4v) is 3.12. The number of hydrogen-bond acceptors (Lipinski definition) is 5. The van der Waals surface area contributed by atoms with Gasteiger partial charge in [0.2, 0.25) is 0 Å². The van der Waals surface area contributed by atoms with Crippen LogP contribution in [-0.4, -0.2) is 49.9 Å². The molecule has 0 saturated carbocycles. The van der Waals surface area contributed by atoms with Gasteiger partial charge in [0.05, 0.1) is 25.1 Å². The summed E-state index contributed by atoms with van der Waals surface area (Å²) in [6.45, 7) is 2.94. The van der Waals surface area contributed by atoms with Crippen LogP contribution in [-0.2, 0) is 19.6 Å². The molecule has 1 amide bonds. The summed E-state index contributed by atoms with van der Waals surface area (Å²) in [6.07, 6.45) is 1.29. The average Bonchev–Trinajstić information content (AvgIpc) is 2.49. The first-order chi connectivity index (χ1) is 10.0. The molecule has 2 rings (SSSR count). The molecule has 1 aromatic rings. The van der Waals surface area contributed by atoms with Gasteiger partial charge in [-0.05, 0) is 25.0 Å². The first-order valence-corrected chi connectivity index (χ1v) is 7.76. The zero-order valence-electron chi connectivity index (χ0n) is 11.5. The Bertz CT molecular complexity index is 668. The molecular formula is C13H15N3O4S. The maximum Gasteiger partial charge on any atom is 0.300 e. The molecule has 0 radical (unpaired) electrons. The van der Waals surface area contributed by atoms with E-state index < -0.39 is 15.9 Å². The number of carbonyl (C=O) groups excluding carboxylic acids is 1. The van der Waals surface area contributed by atoms with Gasteiger partial charge in [0.15, 0.2) is 5.03 Å². The summed E-state index contributed by atoms with van der Waals surface area (Å²) in [4.78, 5) is 15.2.